The molecular weight excluding hydrogens is 322 g/mol. The van der Waals surface area contributed by atoms with Gasteiger partial charge in [-0.3, -0.25) is 0 Å². The smallest absolute Gasteiger partial charge is 0.331 e. The number of carbonyl (C=O) groups is 1. The van der Waals surface area contributed by atoms with Crippen molar-refractivity contribution in [2.45, 2.75) is 6.54 Å². The number of thiophene rings is 1. The summed E-state index contributed by atoms with van der Waals surface area (Å²) in [4.78, 5) is 13.3. The second-order valence-electron chi connectivity index (χ2n) is 5.23. The topological polar surface area (TPSA) is 83.6 Å². The van der Waals surface area contributed by atoms with Crippen LogP contribution in [0.15, 0.2) is 48.5 Å². The molecule has 0 radical (unpaired) electrons. The molecule has 0 saturated carbocycles. The molecule has 1 N–H and O–H groups in total. The van der Waals surface area contributed by atoms with Crippen molar-refractivity contribution in [2.24, 2.45) is 0 Å². The van der Waals surface area contributed by atoms with Crippen molar-refractivity contribution in [1.29, 1.82) is 5.26 Å². The Morgan fingerprint density at radius 1 is 1.25 bits per heavy atom. The van der Waals surface area contributed by atoms with Crippen LogP contribution in [-0.4, -0.2) is 21.0 Å². The van der Waals surface area contributed by atoms with E-state index in [9.17, 15) is 4.79 Å². The number of carbonyl (C=O) groups excluding carboxylic acids is 1. The number of para-hydroxylation sites is 1. The van der Waals surface area contributed by atoms with Crippen molar-refractivity contribution in [2.75, 3.05) is 0 Å². The lowest BCUT2D eigenvalue weighted by Gasteiger charge is -2.03. The molecule has 0 bridgehead atoms. The molecule has 0 aliphatic rings. The Hall–Kier alpha value is -3.24. The van der Waals surface area contributed by atoms with Crippen molar-refractivity contribution in [3.63, 3.8) is 0 Å². The number of amides is 1. The fourth-order valence-corrected chi connectivity index (χ4v) is 3.50. The Morgan fingerprint density at radius 2 is 2.12 bits per heavy atom. The van der Waals surface area contributed by atoms with Gasteiger partial charge in [0, 0.05) is 9.58 Å². The second kappa shape index (κ2) is 5.76. The lowest BCUT2D eigenvalue weighted by atomic mass is 10.2. The minimum Gasteiger partial charge on any atom is -0.331 e. The van der Waals surface area contributed by atoms with E-state index in [4.69, 9.17) is 5.26 Å². The average Bonchev–Trinajstić information content (AvgIpc) is 3.22. The first kappa shape index (κ1) is 14.4. The number of aromatic nitrogens is 3. The maximum Gasteiger partial charge on any atom is 0.344 e. The summed E-state index contributed by atoms with van der Waals surface area (Å²) >= 11 is 1.59. The molecule has 0 fully saturated rings. The lowest BCUT2D eigenvalue weighted by Crippen LogP contribution is -2.28. The van der Waals surface area contributed by atoms with Crippen LogP contribution in [0.4, 0.5) is 4.79 Å². The summed E-state index contributed by atoms with van der Waals surface area (Å²) in [6.07, 6.45) is 0. The summed E-state index contributed by atoms with van der Waals surface area (Å²) in [6, 6.07) is 16.7. The Balaban J connectivity index is 1.54. The van der Waals surface area contributed by atoms with Gasteiger partial charge in [0.25, 0.3) is 0 Å². The maximum atomic E-state index is 12.3. The molecule has 2 aromatic heterocycles. The van der Waals surface area contributed by atoms with Crippen LogP contribution in [0.25, 0.3) is 21.1 Å². The normalized spacial score (nSPS) is 10.8. The molecule has 0 aliphatic heterocycles. The third-order valence-electron chi connectivity index (χ3n) is 3.65. The third kappa shape index (κ3) is 2.49. The molecule has 24 heavy (non-hydrogen) atoms. The largest absolute Gasteiger partial charge is 0.344 e. The molecule has 2 aromatic carbocycles. The zero-order valence-corrected chi connectivity index (χ0v) is 13.2. The van der Waals surface area contributed by atoms with Gasteiger partial charge in [0.05, 0.1) is 23.7 Å². The molecule has 0 saturated heterocycles. The van der Waals surface area contributed by atoms with E-state index < -0.39 is 0 Å². The van der Waals surface area contributed by atoms with Gasteiger partial charge in [-0.2, -0.15) is 9.94 Å². The van der Waals surface area contributed by atoms with Gasteiger partial charge in [-0.15, -0.1) is 16.4 Å². The molecular formula is C17H11N5OS. The summed E-state index contributed by atoms with van der Waals surface area (Å²) in [7, 11) is 0. The summed E-state index contributed by atoms with van der Waals surface area (Å²) in [6.45, 7) is 0.397. The van der Waals surface area contributed by atoms with Crippen LogP contribution in [-0.2, 0) is 6.54 Å². The Kier molecular flexibility index (Phi) is 3.44. The van der Waals surface area contributed by atoms with Crippen LogP contribution in [0.2, 0.25) is 0 Å². The molecule has 0 spiro atoms. The first-order valence-corrected chi connectivity index (χ1v) is 8.07. The molecule has 116 valence electrons. The van der Waals surface area contributed by atoms with Gasteiger partial charge in [0.2, 0.25) is 0 Å². The standard InChI is InChI=1S/C17H11N5OS/c18-9-11-5-6-16-12(7-11)8-13(24-16)10-19-17(23)22-15-4-2-1-3-14(15)20-21-22/h1-8H,10H2,(H,19,23). The molecule has 6 nitrogen and oxygen atoms in total. The highest BCUT2D eigenvalue weighted by molar-refractivity contribution is 7.19. The molecule has 0 aliphatic carbocycles. The summed E-state index contributed by atoms with van der Waals surface area (Å²) in [5.74, 6) is 0. The van der Waals surface area contributed by atoms with Gasteiger partial charge in [0.1, 0.15) is 5.52 Å². The summed E-state index contributed by atoms with van der Waals surface area (Å²) < 4.78 is 2.35. The number of hydrogen-bond acceptors (Lipinski definition) is 5. The Labute approximate surface area is 140 Å². The molecule has 1 amide bonds. The third-order valence-corrected chi connectivity index (χ3v) is 4.77. The highest BCUT2D eigenvalue weighted by atomic mass is 32.1. The maximum absolute atomic E-state index is 12.3. The lowest BCUT2D eigenvalue weighted by molar-refractivity contribution is 0.239. The highest BCUT2D eigenvalue weighted by Gasteiger charge is 2.11. The van der Waals surface area contributed by atoms with E-state index >= 15 is 0 Å². The van der Waals surface area contributed by atoms with Gasteiger partial charge < -0.3 is 5.32 Å². The molecule has 2 heterocycles. The van der Waals surface area contributed by atoms with Crippen molar-refractivity contribution >= 4 is 38.5 Å². The van der Waals surface area contributed by atoms with Gasteiger partial charge in [-0.05, 0) is 41.8 Å². The summed E-state index contributed by atoms with van der Waals surface area (Å²) in [5, 5.41) is 20.7. The van der Waals surface area contributed by atoms with E-state index in [2.05, 4.69) is 21.7 Å². The number of nitriles is 1. The first-order chi connectivity index (χ1) is 11.7. The number of benzene rings is 2. The average molecular weight is 333 g/mol. The summed E-state index contributed by atoms with van der Waals surface area (Å²) in [5.41, 5.74) is 1.98. The minimum absolute atomic E-state index is 0.320. The van der Waals surface area contributed by atoms with Crippen molar-refractivity contribution in [3.05, 3.63) is 59.0 Å². The molecule has 4 rings (SSSR count). The Morgan fingerprint density at radius 3 is 3.00 bits per heavy atom. The van der Waals surface area contributed by atoms with Gasteiger partial charge in [-0.25, -0.2) is 4.79 Å². The van der Waals surface area contributed by atoms with E-state index in [0.717, 1.165) is 15.0 Å². The van der Waals surface area contributed by atoms with E-state index in [1.807, 2.05) is 36.4 Å². The quantitative estimate of drug-likeness (QED) is 0.610. The molecule has 4 aromatic rings. The van der Waals surface area contributed by atoms with Gasteiger partial charge in [0.15, 0.2) is 0 Å². The van der Waals surface area contributed by atoms with Crippen molar-refractivity contribution in [1.82, 2.24) is 20.3 Å². The van der Waals surface area contributed by atoms with Crippen molar-refractivity contribution in [3.8, 4) is 6.07 Å². The molecule has 0 atom stereocenters. The zero-order valence-electron chi connectivity index (χ0n) is 12.4. The fourth-order valence-electron chi connectivity index (χ4n) is 2.51. The van der Waals surface area contributed by atoms with Crippen LogP contribution >= 0.6 is 11.3 Å². The number of fused-ring (bicyclic) bond motifs is 2. The van der Waals surface area contributed by atoms with Crippen LogP contribution in [0.5, 0.6) is 0 Å². The van der Waals surface area contributed by atoms with E-state index in [0.29, 0.717) is 23.1 Å². The monoisotopic (exact) mass is 333 g/mol. The van der Waals surface area contributed by atoms with Crippen molar-refractivity contribution < 1.29 is 4.79 Å². The van der Waals surface area contributed by atoms with Gasteiger partial charge in [-0.1, -0.05) is 17.3 Å². The molecule has 0 unspecified atom stereocenters. The Bertz CT molecular complexity index is 1110. The zero-order chi connectivity index (χ0) is 16.5. The van der Waals surface area contributed by atoms with Gasteiger partial charge >= 0.3 is 6.03 Å². The van der Waals surface area contributed by atoms with Crippen LogP contribution in [0.3, 0.4) is 0 Å². The minimum atomic E-state index is -0.320. The predicted octanol–water partition coefficient (Wildman–Crippen LogP) is 3.28. The number of nitrogens with zero attached hydrogens (tertiary/aromatic N) is 4. The predicted molar refractivity (Wildman–Crippen MR) is 91.7 cm³/mol. The van der Waals surface area contributed by atoms with Crippen LogP contribution in [0, 0.1) is 11.3 Å². The number of rotatable bonds is 2. The molecule has 7 heteroatoms. The number of nitrogens with one attached hydrogen (secondary N) is 1. The van der Waals surface area contributed by atoms with E-state index in [1.54, 1.807) is 23.5 Å². The number of hydrogen-bond donors (Lipinski definition) is 1. The first-order valence-electron chi connectivity index (χ1n) is 7.26. The second-order valence-corrected chi connectivity index (χ2v) is 6.39. The van der Waals surface area contributed by atoms with E-state index in [-0.39, 0.29) is 6.03 Å². The fraction of sp³-hybridized carbons (Fsp3) is 0.0588. The SMILES string of the molecule is N#Cc1ccc2sc(CNC(=O)n3nnc4ccccc43)cc2c1. The highest BCUT2D eigenvalue weighted by Crippen LogP contribution is 2.26. The van der Waals surface area contributed by atoms with E-state index in [1.165, 1.54) is 4.68 Å². The van der Waals surface area contributed by atoms with Crippen LogP contribution < -0.4 is 5.32 Å². The van der Waals surface area contributed by atoms with Crippen LogP contribution in [0.1, 0.15) is 10.4 Å².